The van der Waals surface area contributed by atoms with Crippen molar-refractivity contribution in [3.05, 3.63) is 12.3 Å². The molecule has 60 valence electrons. The molecule has 2 aliphatic rings. The second-order valence-electron chi connectivity index (χ2n) is 3.57. The summed E-state index contributed by atoms with van der Waals surface area (Å²) in [7, 11) is 0. The predicted octanol–water partition coefficient (Wildman–Crippen LogP) is 1.66. The maximum absolute atomic E-state index is 11.1. The molecule has 1 saturated carbocycles. The molecule has 0 saturated heterocycles. The first kappa shape index (κ1) is 6.89. The number of ketones is 1. The van der Waals surface area contributed by atoms with Gasteiger partial charge in [0.05, 0.1) is 12.7 Å². The molecule has 1 heterocycles. The van der Waals surface area contributed by atoms with E-state index in [1.54, 1.807) is 6.26 Å². The van der Waals surface area contributed by atoms with Crippen LogP contribution >= 0.6 is 0 Å². The van der Waals surface area contributed by atoms with Crippen molar-refractivity contribution in [2.75, 3.05) is 0 Å². The number of hydrogen-bond acceptors (Lipinski definition) is 2. The Kier molecular flexibility index (Phi) is 1.31. The Morgan fingerprint density at radius 3 is 2.91 bits per heavy atom. The van der Waals surface area contributed by atoms with E-state index in [0.29, 0.717) is 12.3 Å². The highest BCUT2D eigenvalue weighted by Crippen LogP contribution is 2.45. The van der Waals surface area contributed by atoms with Gasteiger partial charge >= 0.3 is 0 Å². The highest BCUT2D eigenvalue weighted by atomic mass is 16.5. The SMILES string of the molecule is CC1CCC12CC(=O)C=CO2. The molecule has 0 radical (unpaired) electrons. The Balaban J connectivity index is 2.16. The summed E-state index contributed by atoms with van der Waals surface area (Å²) in [5.74, 6) is 0.763. The Labute approximate surface area is 66.2 Å². The fourth-order valence-corrected chi connectivity index (χ4v) is 1.83. The molecule has 2 heteroatoms. The summed E-state index contributed by atoms with van der Waals surface area (Å²) < 4.78 is 5.48. The van der Waals surface area contributed by atoms with E-state index in [2.05, 4.69) is 6.92 Å². The normalized spacial score (nSPS) is 41.9. The van der Waals surface area contributed by atoms with Crippen LogP contribution in [0.3, 0.4) is 0 Å². The topological polar surface area (TPSA) is 26.3 Å². The third kappa shape index (κ3) is 0.889. The number of ether oxygens (including phenoxy) is 1. The van der Waals surface area contributed by atoms with E-state index in [1.165, 1.54) is 12.5 Å². The Morgan fingerprint density at radius 1 is 1.73 bits per heavy atom. The van der Waals surface area contributed by atoms with Gasteiger partial charge in [-0.3, -0.25) is 4.79 Å². The van der Waals surface area contributed by atoms with Crippen molar-refractivity contribution in [2.24, 2.45) is 5.92 Å². The van der Waals surface area contributed by atoms with Crippen LogP contribution in [0, 0.1) is 5.92 Å². The van der Waals surface area contributed by atoms with Gasteiger partial charge in [0.15, 0.2) is 5.78 Å². The minimum Gasteiger partial charge on any atom is -0.494 e. The number of rotatable bonds is 0. The second kappa shape index (κ2) is 2.10. The van der Waals surface area contributed by atoms with Gasteiger partial charge in [-0.25, -0.2) is 0 Å². The number of allylic oxidation sites excluding steroid dienone is 1. The summed E-state index contributed by atoms with van der Waals surface area (Å²) >= 11 is 0. The number of carbonyl (C=O) groups excluding carboxylic acids is 1. The summed E-state index contributed by atoms with van der Waals surface area (Å²) in [6.07, 6.45) is 5.91. The van der Waals surface area contributed by atoms with Crippen LogP contribution in [0.15, 0.2) is 12.3 Å². The Bertz CT molecular complexity index is 220. The van der Waals surface area contributed by atoms with Crippen LogP contribution in [0.25, 0.3) is 0 Å². The van der Waals surface area contributed by atoms with Crippen LogP contribution in [0.5, 0.6) is 0 Å². The largest absolute Gasteiger partial charge is 0.494 e. The number of carbonyl (C=O) groups is 1. The van der Waals surface area contributed by atoms with Gasteiger partial charge in [0, 0.05) is 6.08 Å². The fourth-order valence-electron chi connectivity index (χ4n) is 1.83. The van der Waals surface area contributed by atoms with Crippen LogP contribution < -0.4 is 0 Å². The van der Waals surface area contributed by atoms with E-state index in [0.717, 1.165) is 6.42 Å². The molecular formula is C9H12O2. The van der Waals surface area contributed by atoms with Crippen molar-refractivity contribution >= 4 is 5.78 Å². The van der Waals surface area contributed by atoms with E-state index >= 15 is 0 Å². The van der Waals surface area contributed by atoms with Gasteiger partial charge in [0.25, 0.3) is 0 Å². The van der Waals surface area contributed by atoms with Gasteiger partial charge in [0.2, 0.25) is 0 Å². The first-order valence-corrected chi connectivity index (χ1v) is 4.10. The van der Waals surface area contributed by atoms with Gasteiger partial charge in [0.1, 0.15) is 5.60 Å². The smallest absolute Gasteiger partial charge is 0.162 e. The third-order valence-corrected chi connectivity index (χ3v) is 2.93. The van der Waals surface area contributed by atoms with Crippen molar-refractivity contribution in [3.63, 3.8) is 0 Å². The lowest BCUT2D eigenvalue weighted by Crippen LogP contribution is -2.49. The van der Waals surface area contributed by atoms with Crippen molar-refractivity contribution < 1.29 is 9.53 Å². The van der Waals surface area contributed by atoms with Crippen molar-refractivity contribution in [1.29, 1.82) is 0 Å². The zero-order valence-corrected chi connectivity index (χ0v) is 6.67. The van der Waals surface area contributed by atoms with E-state index in [9.17, 15) is 4.79 Å². The van der Waals surface area contributed by atoms with Gasteiger partial charge < -0.3 is 4.74 Å². The lowest BCUT2D eigenvalue weighted by Gasteiger charge is -2.47. The summed E-state index contributed by atoms with van der Waals surface area (Å²) in [4.78, 5) is 11.1. The maximum atomic E-state index is 11.1. The molecule has 1 spiro atoms. The molecule has 0 N–H and O–H groups in total. The van der Waals surface area contributed by atoms with E-state index in [1.807, 2.05) is 0 Å². The quantitative estimate of drug-likeness (QED) is 0.527. The van der Waals surface area contributed by atoms with Crippen molar-refractivity contribution in [1.82, 2.24) is 0 Å². The van der Waals surface area contributed by atoms with Gasteiger partial charge in [-0.1, -0.05) is 6.92 Å². The van der Waals surface area contributed by atoms with Crippen LogP contribution in [0.1, 0.15) is 26.2 Å². The van der Waals surface area contributed by atoms with Crippen LogP contribution in [-0.4, -0.2) is 11.4 Å². The minimum absolute atomic E-state index is 0.105. The summed E-state index contributed by atoms with van der Waals surface area (Å²) in [6.45, 7) is 2.15. The molecule has 0 aromatic carbocycles. The average Bonchev–Trinajstić information content (AvgIpc) is 2.02. The Morgan fingerprint density at radius 2 is 2.55 bits per heavy atom. The second-order valence-corrected chi connectivity index (χ2v) is 3.57. The molecule has 1 aliphatic heterocycles. The molecule has 2 unspecified atom stereocenters. The molecule has 2 rings (SSSR count). The predicted molar refractivity (Wildman–Crippen MR) is 41.0 cm³/mol. The van der Waals surface area contributed by atoms with Gasteiger partial charge in [-0.2, -0.15) is 0 Å². The van der Waals surface area contributed by atoms with E-state index in [-0.39, 0.29) is 11.4 Å². The standard InChI is InChI=1S/C9H12O2/c1-7-2-4-9(7)6-8(10)3-5-11-9/h3,5,7H,2,4,6H2,1H3. The molecule has 1 aliphatic carbocycles. The minimum atomic E-state index is -0.105. The van der Waals surface area contributed by atoms with Gasteiger partial charge in [-0.05, 0) is 18.8 Å². The molecule has 11 heavy (non-hydrogen) atoms. The summed E-state index contributed by atoms with van der Waals surface area (Å²) in [6, 6.07) is 0. The molecule has 2 nitrogen and oxygen atoms in total. The molecule has 1 fully saturated rings. The van der Waals surface area contributed by atoms with Crippen molar-refractivity contribution in [3.8, 4) is 0 Å². The van der Waals surface area contributed by atoms with Gasteiger partial charge in [-0.15, -0.1) is 0 Å². The van der Waals surface area contributed by atoms with Crippen LogP contribution in [0.4, 0.5) is 0 Å². The average molecular weight is 152 g/mol. The van der Waals surface area contributed by atoms with Crippen molar-refractivity contribution in [2.45, 2.75) is 31.8 Å². The number of hydrogen-bond donors (Lipinski definition) is 0. The lowest BCUT2D eigenvalue weighted by atomic mass is 9.67. The summed E-state index contributed by atoms with van der Waals surface area (Å²) in [5.41, 5.74) is -0.105. The zero-order chi connectivity index (χ0) is 7.90. The molecule has 0 bridgehead atoms. The lowest BCUT2D eigenvalue weighted by molar-refractivity contribution is -0.139. The first-order valence-electron chi connectivity index (χ1n) is 4.10. The van der Waals surface area contributed by atoms with E-state index in [4.69, 9.17) is 4.74 Å². The third-order valence-electron chi connectivity index (χ3n) is 2.93. The van der Waals surface area contributed by atoms with E-state index < -0.39 is 0 Å². The molecular weight excluding hydrogens is 140 g/mol. The molecule has 0 aromatic rings. The van der Waals surface area contributed by atoms with Crippen LogP contribution in [-0.2, 0) is 9.53 Å². The van der Waals surface area contributed by atoms with Crippen LogP contribution in [0.2, 0.25) is 0 Å². The highest BCUT2D eigenvalue weighted by Gasteiger charge is 2.47. The fraction of sp³-hybridized carbons (Fsp3) is 0.667. The summed E-state index contributed by atoms with van der Waals surface area (Å²) in [5, 5.41) is 0. The maximum Gasteiger partial charge on any atom is 0.162 e. The molecule has 0 aromatic heterocycles. The highest BCUT2D eigenvalue weighted by molar-refractivity contribution is 5.91. The monoisotopic (exact) mass is 152 g/mol. The molecule has 2 atom stereocenters. The zero-order valence-electron chi connectivity index (χ0n) is 6.67. The Hall–Kier alpha value is -0.790. The molecule has 0 amide bonds. The first-order chi connectivity index (χ1) is 5.23.